The zero-order valence-corrected chi connectivity index (χ0v) is 15.6. The van der Waals surface area contributed by atoms with Gasteiger partial charge in [0.2, 0.25) is 0 Å². The van der Waals surface area contributed by atoms with E-state index >= 15 is 0 Å². The van der Waals surface area contributed by atoms with Crippen LogP contribution in [0.3, 0.4) is 0 Å². The van der Waals surface area contributed by atoms with Crippen LogP contribution in [0.4, 0.5) is 0 Å². The van der Waals surface area contributed by atoms with Crippen LogP contribution in [-0.2, 0) is 0 Å². The summed E-state index contributed by atoms with van der Waals surface area (Å²) in [5, 5.41) is 2.25. The van der Waals surface area contributed by atoms with Crippen molar-refractivity contribution >= 4 is 33.4 Å². The molecule has 5 rings (SSSR count). The number of fused-ring (bicyclic) bond motifs is 2. The number of aromatic amines is 1. The number of rotatable bonds is 1. The smallest absolute Gasteiger partial charge is 0.264 e. The molecule has 4 heterocycles. The quantitative estimate of drug-likeness (QED) is 0.460. The summed E-state index contributed by atoms with van der Waals surface area (Å²) in [5.74, 6) is 0. The fourth-order valence-electron chi connectivity index (χ4n) is 2.76. The topological polar surface area (TPSA) is 106 Å². The van der Waals surface area contributed by atoms with Gasteiger partial charge in [-0.15, -0.1) is 0 Å². The summed E-state index contributed by atoms with van der Waals surface area (Å²) in [4.78, 5) is 41.2. The maximum atomic E-state index is 12.4. The number of nitrogens with zero attached hydrogens (tertiary/aromatic N) is 5. The lowest BCUT2D eigenvalue weighted by Gasteiger charge is -2.07. The molecule has 8 nitrogen and oxygen atoms in total. The monoisotopic (exact) mass is 404 g/mol. The molecule has 0 fully saturated rings. The van der Waals surface area contributed by atoms with Crippen LogP contribution in [0, 0.1) is 0 Å². The van der Waals surface area contributed by atoms with Crippen LogP contribution < -0.4 is 11.1 Å². The van der Waals surface area contributed by atoms with Crippen molar-refractivity contribution in [2.24, 2.45) is 0 Å². The molecule has 5 aromatic rings. The Morgan fingerprint density at radius 2 is 1.86 bits per heavy atom. The number of hydrogen-bond donors (Lipinski definition) is 1. The van der Waals surface area contributed by atoms with Gasteiger partial charge in [-0.25, -0.2) is 15.0 Å². The number of halogens is 1. The fourth-order valence-corrected chi connectivity index (χ4v) is 3.03. The lowest BCUT2D eigenvalue weighted by molar-refractivity contribution is 0.995. The maximum absolute atomic E-state index is 12.4. The van der Waals surface area contributed by atoms with Gasteiger partial charge in [0, 0.05) is 18.6 Å². The van der Waals surface area contributed by atoms with E-state index in [0.717, 1.165) is 11.1 Å². The van der Waals surface area contributed by atoms with E-state index < -0.39 is 0 Å². The molecule has 0 spiro atoms. The molecule has 4 aromatic heterocycles. The summed E-state index contributed by atoms with van der Waals surface area (Å²) in [6.07, 6.45) is 9.16. The minimum atomic E-state index is -0.212. The first kappa shape index (κ1) is 18.5. The number of H-pyrrole nitrogens is 1. The Hall–Kier alpha value is -3.91. The Balaban J connectivity index is 0.000000159. The molecule has 0 radical (unpaired) electrons. The Labute approximate surface area is 168 Å². The predicted octanol–water partition coefficient (Wildman–Crippen LogP) is 2.75. The molecule has 1 N–H and O–H groups in total. The van der Waals surface area contributed by atoms with E-state index in [0.29, 0.717) is 21.4 Å². The van der Waals surface area contributed by atoms with Crippen LogP contribution in [0.25, 0.3) is 27.5 Å². The molecule has 1 aromatic carbocycles. The van der Waals surface area contributed by atoms with Crippen molar-refractivity contribution in [3.63, 3.8) is 0 Å². The van der Waals surface area contributed by atoms with Gasteiger partial charge in [-0.3, -0.25) is 19.1 Å². The van der Waals surface area contributed by atoms with Gasteiger partial charge in [0.25, 0.3) is 11.1 Å². The highest BCUT2D eigenvalue weighted by Crippen LogP contribution is 2.20. The number of benzene rings is 1. The number of nitrogens with one attached hydrogen (secondary N) is 1. The Bertz CT molecular complexity index is 1410. The van der Waals surface area contributed by atoms with Gasteiger partial charge in [0.05, 0.1) is 28.6 Å². The summed E-state index contributed by atoms with van der Waals surface area (Å²) in [6.45, 7) is 0. The van der Waals surface area contributed by atoms with Crippen molar-refractivity contribution in [2.45, 2.75) is 0 Å². The van der Waals surface area contributed by atoms with Gasteiger partial charge in [-0.1, -0.05) is 23.7 Å². The minimum absolute atomic E-state index is 0.133. The molecule has 0 amide bonds. The zero-order chi connectivity index (χ0) is 20.2. The van der Waals surface area contributed by atoms with Crippen molar-refractivity contribution in [3.05, 3.63) is 99.6 Å². The molecule has 142 valence electrons. The highest BCUT2D eigenvalue weighted by molar-refractivity contribution is 6.35. The molecule has 9 heteroatoms. The van der Waals surface area contributed by atoms with Crippen molar-refractivity contribution in [2.75, 3.05) is 0 Å². The molecule has 0 bridgehead atoms. The van der Waals surface area contributed by atoms with Gasteiger partial charge in [0.15, 0.2) is 5.65 Å². The maximum Gasteiger partial charge on any atom is 0.264 e. The highest BCUT2D eigenvalue weighted by atomic mass is 35.5. The van der Waals surface area contributed by atoms with Crippen molar-refractivity contribution in [1.82, 2.24) is 29.5 Å². The van der Waals surface area contributed by atoms with Crippen LogP contribution in [0.1, 0.15) is 0 Å². The molecular formula is C20H13ClN6O2. The van der Waals surface area contributed by atoms with E-state index in [-0.39, 0.29) is 11.1 Å². The standard InChI is InChI=1S/C14H9ClN2O.C6H4N4O/c15-12-5-1-3-10-6-8-17(14(18)13(10)12)11-4-2-7-16-9-11;11-6-4-1-7-2-8-5(4)9-3-10-6/h1-9H;1-3H,(H,7,8,9,10,11). The first-order valence-corrected chi connectivity index (χ1v) is 8.86. The van der Waals surface area contributed by atoms with Crippen LogP contribution >= 0.6 is 11.6 Å². The summed E-state index contributed by atoms with van der Waals surface area (Å²) >= 11 is 6.09. The average Bonchev–Trinajstić information content (AvgIpc) is 2.76. The van der Waals surface area contributed by atoms with Crippen LogP contribution in [-0.4, -0.2) is 29.5 Å². The minimum Gasteiger partial charge on any atom is -0.312 e. The number of aromatic nitrogens is 6. The largest absolute Gasteiger partial charge is 0.312 e. The van der Waals surface area contributed by atoms with E-state index in [1.54, 1.807) is 35.3 Å². The normalized spacial score (nSPS) is 10.5. The SMILES string of the molecule is O=c1[nH]cnc2ncncc12.O=c1c2c(Cl)cccc2ccn1-c1cccnc1. The zero-order valence-electron chi connectivity index (χ0n) is 14.9. The predicted molar refractivity (Wildman–Crippen MR) is 110 cm³/mol. The lowest BCUT2D eigenvalue weighted by Crippen LogP contribution is -2.17. The second kappa shape index (κ2) is 7.99. The molecule has 0 saturated heterocycles. The van der Waals surface area contributed by atoms with E-state index in [2.05, 4.69) is 24.9 Å². The van der Waals surface area contributed by atoms with E-state index in [1.165, 1.54) is 18.9 Å². The van der Waals surface area contributed by atoms with Gasteiger partial charge in [-0.05, 0) is 29.7 Å². The Morgan fingerprint density at radius 1 is 0.966 bits per heavy atom. The molecule has 0 atom stereocenters. The third-order valence-corrected chi connectivity index (χ3v) is 4.44. The molecule has 29 heavy (non-hydrogen) atoms. The Morgan fingerprint density at radius 3 is 2.66 bits per heavy atom. The first-order chi connectivity index (χ1) is 14.1. The third kappa shape index (κ3) is 3.74. The molecule has 0 aliphatic heterocycles. The van der Waals surface area contributed by atoms with Gasteiger partial charge >= 0.3 is 0 Å². The molecular weight excluding hydrogens is 392 g/mol. The van der Waals surface area contributed by atoms with E-state index in [4.69, 9.17) is 11.6 Å². The summed E-state index contributed by atoms with van der Waals surface area (Å²) in [7, 11) is 0. The number of hydrogen-bond acceptors (Lipinski definition) is 6. The second-order valence-corrected chi connectivity index (χ2v) is 6.31. The molecule has 0 unspecified atom stereocenters. The summed E-state index contributed by atoms with van der Waals surface area (Å²) < 4.78 is 1.54. The first-order valence-electron chi connectivity index (χ1n) is 8.49. The van der Waals surface area contributed by atoms with Gasteiger partial charge in [0.1, 0.15) is 11.7 Å². The van der Waals surface area contributed by atoms with Crippen LogP contribution in [0.15, 0.2) is 83.4 Å². The average molecular weight is 405 g/mol. The van der Waals surface area contributed by atoms with Crippen molar-refractivity contribution in [3.8, 4) is 5.69 Å². The van der Waals surface area contributed by atoms with E-state index in [9.17, 15) is 9.59 Å². The van der Waals surface area contributed by atoms with Crippen molar-refractivity contribution < 1.29 is 0 Å². The number of pyridine rings is 2. The summed E-state index contributed by atoms with van der Waals surface area (Å²) in [6, 6.07) is 10.9. The Kier molecular flexibility index (Phi) is 5.08. The van der Waals surface area contributed by atoms with Crippen LogP contribution in [0.2, 0.25) is 5.02 Å². The van der Waals surface area contributed by atoms with Crippen LogP contribution in [0.5, 0.6) is 0 Å². The van der Waals surface area contributed by atoms with Gasteiger partial charge in [-0.2, -0.15) is 0 Å². The van der Waals surface area contributed by atoms with Gasteiger partial charge < -0.3 is 4.98 Å². The third-order valence-electron chi connectivity index (χ3n) is 4.12. The molecule has 0 aliphatic carbocycles. The fraction of sp³-hybridized carbons (Fsp3) is 0. The van der Waals surface area contributed by atoms with E-state index in [1.807, 2.05) is 24.3 Å². The summed E-state index contributed by atoms with van der Waals surface area (Å²) in [5.41, 5.74) is 0.801. The van der Waals surface area contributed by atoms with Crippen molar-refractivity contribution in [1.29, 1.82) is 0 Å². The lowest BCUT2D eigenvalue weighted by atomic mass is 10.2. The highest BCUT2D eigenvalue weighted by Gasteiger charge is 2.07. The molecule has 0 aliphatic rings. The second-order valence-electron chi connectivity index (χ2n) is 5.90. The molecule has 0 saturated carbocycles.